The van der Waals surface area contributed by atoms with Crippen molar-refractivity contribution in [3.05, 3.63) is 34.3 Å². The number of rotatable bonds is 1. The minimum absolute atomic E-state index is 0.476. The Morgan fingerprint density at radius 1 is 1.21 bits per heavy atom. The lowest BCUT2D eigenvalue weighted by Crippen LogP contribution is -2.57. The fourth-order valence-corrected chi connectivity index (χ4v) is 3.26. The van der Waals surface area contributed by atoms with Gasteiger partial charge in [0.05, 0.1) is 0 Å². The molecule has 4 rings (SSSR count). The maximum Gasteiger partial charge on any atom is 0.0175 e. The molecule has 14 heavy (non-hydrogen) atoms. The van der Waals surface area contributed by atoms with Gasteiger partial charge in [0.15, 0.2) is 0 Å². The third-order valence-electron chi connectivity index (χ3n) is 3.71. The molecule has 74 valence electrons. The Labute approximate surface area is 93.0 Å². The van der Waals surface area contributed by atoms with Crippen LogP contribution < -0.4 is 5.32 Å². The molecule has 2 aliphatic heterocycles. The molecule has 1 N–H and O–H groups in total. The van der Waals surface area contributed by atoms with Gasteiger partial charge in [0.1, 0.15) is 0 Å². The fraction of sp³-hybridized carbons (Fsp3) is 0.500. The Morgan fingerprint density at radius 3 is 2.50 bits per heavy atom. The zero-order chi connectivity index (χ0) is 9.60. The number of hydrogen-bond donors (Lipinski definition) is 1. The molecule has 2 bridgehead atoms. The van der Waals surface area contributed by atoms with Gasteiger partial charge in [-0.15, -0.1) is 0 Å². The maximum absolute atomic E-state index is 3.53. The standard InChI is InChI=1S/C12H14BrN/c13-11-3-1-10(2-4-11)12-5-9(6-12)7-14-8-12/h1-4,9,14H,5-8H2. The van der Waals surface area contributed by atoms with Crippen LogP contribution in [0.1, 0.15) is 18.4 Å². The van der Waals surface area contributed by atoms with Crippen LogP contribution >= 0.6 is 15.9 Å². The lowest BCUT2D eigenvalue weighted by atomic mass is 9.56. The normalized spacial score (nSPS) is 35.1. The molecule has 0 aromatic heterocycles. The Kier molecular flexibility index (Phi) is 1.96. The van der Waals surface area contributed by atoms with Gasteiger partial charge < -0.3 is 5.32 Å². The van der Waals surface area contributed by atoms with E-state index in [4.69, 9.17) is 0 Å². The van der Waals surface area contributed by atoms with Crippen LogP contribution in [-0.2, 0) is 5.41 Å². The predicted octanol–water partition coefficient (Wildman–Crippen LogP) is 2.70. The smallest absolute Gasteiger partial charge is 0.0175 e. The van der Waals surface area contributed by atoms with Crippen molar-refractivity contribution in [3.63, 3.8) is 0 Å². The minimum atomic E-state index is 0.476. The van der Waals surface area contributed by atoms with Crippen molar-refractivity contribution in [2.24, 2.45) is 5.92 Å². The summed E-state index contributed by atoms with van der Waals surface area (Å²) >= 11 is 3.48. The first-order valence-corrected chi connectivity index (χ1v) is 6.05. The molecule has 0 amide bonds. The highest BCUT2D eigenvalue weighted by atomic mass is 79.9. The van der Waals surface area contributed by atoms with E-state index in [1.54, 1.807) is 0 Å². The summed E-state index contributed by atoms with van der Waals surface area (Å²) in [4.78, 5) is 0. The quantitative estimate of drug-likeness (QED) is 0.810. The highest BCUT2D eigenvalue weighted by Crippen LogP contribution is 2.49. The monoisotopic (exact) mass is 251 g/mol. The molecule has 1 aromatic rings. The van der Waals surface area contributed by atoms with Crippen molar-refractivity contribution in [3.8, 4) is 0 Å². The zero-order valence-corrected chi connectivity index (χ0v) is 9.68. The SMILES string of the molecule is Brc1ccc(C23CNCC(C2)C3)cc1. The van der Waals surface area contributed by atoms with Crippen LogP contribution in [0, 0.1) is 5.92 Å². The highest BCUT2D eigenvalue weighted by Gasteiger charge is 2.47. The molecule has 1 saturated carbocycles. The van der Waals surface area contributed by atoms with E-state index in [1.807, 2.05) is 0 Å². The van der Waals surface area contributed by atoms with E-state index in [0.29, 0.717) is 5.41 Å². The lowest BCUT2D eigenvalue weighted by molar-refractivity contribution is 0.0901. The zero-order valence-electron chi connectivity index (χ0n) is 8.09. The van der Waals surface area contributed by atoms with Crippen molar-refractivity contribution in [2.75, 3.05) is 13.1 Å². The van der Waals surface area contributed by atoms with Crippen LogP contribution in [0.4, 0.5) is 0 Å². The fourth-order valence-electron chi connectivity index (χ4n) is 2.99. The minimum Gasteiger partial charge on any atom is -0.316 e. The summed E-state index contributed by atoms with van der Waals surface area (Å²) in [6.07, 6.45) is 2.78. The summed E-state index contributed by atoms with van der Waals surface area (Å²) in [5.74, 6) is 0.937. The molecule has 2 heteroatoms. The number of halogens is 1. The van der Waals surface area contributed by atoms with Crippen molar-refractivity contribution in [1.82, 2.24) is 5.32 Å². The van der Waals surface area contributed by atoms with Gasteiger partial charge in [-0.05, 0) is 43.0 Å². The van der Waals surface area contributed by atoms with Gasteiger partial charge in [-0.1, -0.05) is 28.1 Å². The summed E-state index contributed by atoms with van der Waals surface area (Å²) in [7, 11) is 0. The molecule has 0 radical (unpaired) electrons. The third kappa shape index (κ3) is 1.24. The Morgan fingerprint density at radius 2 is 1.93 bits per heavy atom. The van der Waals surface area contributed by atoms with Crippen molar-refractivity contribution >= 4 is 15.9 Å². The van der Waals surface area contributed by atoms with Gasteiger partial charge in [0.25, 0.3) is 0 Å². The topological polar surface area (TPSA) is 12.0 Å². The molecule has 1 nitrogen and oxygen atoms in total. The lowest BCUT2D eigenvalue weighted by Gasteiger charge is -2.53. The largest absolute Gasteiger partial charge is 0.316 e. The van der Waals surface area contributed by atoms with Gasteiger partial charge in [-0.3, -0.25) is 0 Å². The third-order valence-corrected chi connectivity index (χ3v) is 4.24. The molecule has 0 atom stereocenters. The molecular weight excluding hydrogens is 238 g/mol. The Balaban J connectivity index is 1.91. The summed E-state index contributed by atoms with van der Waals surface area (Å²) in [6.45, 7) is 2.41. The second-order valence-electron chi connectivity index (χ2n) is 4.69. The van der Waals surface area contributed by atoms with E-state index in [1.165, 1.54) is 36.0 Å². The van der Waals surface area contributed by atoms with Crippen molar-refractivity contribution in [1.29, 1.82) is 0 Å². The van der Waals surface area contributed by atoms with Crippen LogP contribution in [0.25, 0.3) is 0 Å². The Hall–Kier alpha value is -0.340. The Bertz CT molecular complexity index is 332. The number of fused-ring (bicyclic) bond motifs is 2. The summed E-state index contributed by atoms with van der Waals surface area (Å²) in [6, 6.07) is 8.86. The number of hydrogen-bond acceptors (Lipinski definition) is 1. The van der Waals surface area contributed by atoms with Crippen LogP contribution in [0.2, 0.25) is 0 Å². The first kappa shape index (κ1) is 8.93. The average Bonchev–Trinajstić information content (AvgIpc) is 2.18. The molecule has 0 spiro atoms. The second kappa shape index (κ2) is 3.07. The first-order chi connectivity index (χ1) is 6.78. The van der Waals surface area contributed by atoms with Gasteiger partial charge in [-0.25, -0.2) is 0 Å². The molecule has 3 aliphatic rings. The summed E-state index contributed by atoms with van der Waals surface area (Å²) < 4.78 is 1.18. The number of nitrogens with one attached hydrogen (secondary N) is 1. The van der Waals surface area contributed by atoms with E-state index in [0.717, 1.165) is 5.92 Å². The summed E-state index contributed by atoms with van der Waals surface area (Å²) in [5, 5.41) is 3.53. The van der Waals surface area contributed by atoms with Crippen molar-refractivity contribution in [2.45, 2.75) is 18.3 Å². The molecule has 2 saturated heterocycles. The van der Waals surface area contributed by atoms with Crippen LogP contribution in [0.5, 0.6) is 0 Å². The van der Waals surface area contributed by atoms with Crippen LogP contribution in [0.3, 0.4) is 0 Å². The molecule has 3 fully saturated rings. The first-order valence-electron chi connectivity index (χ1n) is 5.25. The van der Waals surface area contributed by atoms with Gasteiger partial charge in [0.2, 0.25) is 0 Å². The van der Waals surface area contributed by atoms with E-state index in [9.17, 15) is 0 Å². The van der Waals surface area contributed by atoms with E-state index in [2.05, 4.69) is 45.5 Å². The van der Waals surface area contributed by atoms with E-state index < -0.39 is 0 Å². The van der Waals surface area contributed by atoms with Crippen LogP contribution in [-0.4, -0.2) is 13.1 Å². The highest BCUT2D eigenvalue weighted by molar-refractivity contribution is 9.10. The maximum atomic E-state index is 3.53. The number of benzene rings is 1. The molecule has 0 unspecified atom stereocenters. The van der Waals surface area contributed by atoms with E-state index in [-0.39, 0.29) is 0 Å². The number of piperidine rings is 2. The van der Waals surface area contributed by atoms with E-state index >= 15 is 0 Å². The second-order valence-corrected chi connectivity index (χ2v) is 5.61. The summed E-state index contributed by atoms with van der Waals surface area (Å²) in [5.41, 5.74) is 1.99. The van der Waals surface area contributed by atoms with Crippen molar-refractivity contribution < 1.29 is 0 Å². The van der Waals surface area contributed by atoms with Crippen LogP contribution in [0.15, 0.2) is 28.7 Å². The van der Waals surface area contributed by atoms with Gasteiger partial charge >= 0.3 is 0 Å². The molecule has 2 heterocycles. The molecule has 1 aromatic carbocycles. The van der Waals surface area contributed by atoms with Gasteiger partial charge in [0, 0.05) is 16.4 Å². The van der Waals surface area contributed by atoms with Gasteiger partial charge in [-0.2, -0.15) is 0 Å². The molecule has 1 aliphatic carbocycles. The molecular formula is C12H14BrN. The average molecular weight is 252 g/mol. The predicted molar refractivity (Wildman–Crippen MR) is 61.4 cm³/mol.